The molecule has 1 aliphatic heterocycles. The number of aromatic hydroxyl groups is 1. The van der Waals surface area contributed by atoms with E-state index in [-0.39, 0.29) is 29.7 Å². The fourth-order valence-electron chi connectivity index (χ4n) is 1.46. The van der Waals surface area contributed by atoms with Crippen LogP contribution in [-0.4, -0.2) is 23.6 Å². The van der Waals surface area contributed by atoms with Crippen molar-refractivity contribution in [3.8, 4) is 17.2 Å². The Bertz CT molecular complexity index is 396. The van der Waals surface area contributed by atoms with Gasteiger partial charge in [-0.3, -0.25) is 0 Å². The molecule has 0 saturated carbocycles. The number of aliphatic hydroxyl groups is 1. The zero-order valence-corrected chi connectivity index (χ0v) is 8.49. The fraction of sp³-hybridized carbons (Fsp3) is 0.333. The molecule has 0 amide bonds. The number of nitrogens with two attached hydrogens (primary N) is 1. The van der Waals surface area contributed by atoms with Gasteiger partial charge in [-0.1, -0.05) is 11.6 Å². The molecule has 1 heterocycles. The first-order valence-electron chi connectivity index (χ1n) is 4.32. The molecule has 1 atom stereocenters. The van der Waals surface area contributed by atoms with E-state index in [0.29, 0.717) is 11.5 Å². The molecule has 2 rings (SSSR count). The molecule has 1 aliphatic rings. The topological polar surface area (TPSA) is 84.9 Å². The second-order valence-corrected chi connectivity index (χ2v) is 3.55. The first kappa shape index (κ1) is 10.4. The Morgan fingerprint density at radius 1 is 1.53 bits per heavy atom. The Labute approximate surface area is 91.0 Å². The lowest BCUT2D eigenvalue weighted by atomic mass is 10.1. The third-order valence-corrected chi connectivity index (χ3v) is 2.48. The van der Waals surface area contributed by atoms with Gasteiger partial charge in [0.1, 0.15) is 5.75 Å². The Hall–Kier alpha value is -1.17. The number of halogens is 1. The van der Waals surface area contributed by atoms with Gasteiger partial charge in [-0.05, 0) is 0 Å². The highest BCUT2D eigenvalue weighted by atomic mass is 35.5. The molecule has 0 fully saturated rings. The second-order valence-electron chi connectivity index (χ2n) is 3.14. The maximum atomic E-state index is 9.70. The Morgan fingerprint density at radius 2 is 2.27 bits per heavy atom. The van der Waals surface area contributed by atoms with Crippen LogP contribution in [0.5, 0.6) is 17.2 Å². The molecule has 0 aromatic heterocycles. The number of benzene rings is 1. The number of rotatable bonds is 2. The molecule has 0 bridgehead atoms. The van der Waals surface area contributed by atoms with Gasteiger partial charge in [-0.15, -0.1) is 0 Å². The van der Waals surface area contributed by atoms with E-state index < -0.39 is 6.04 Å². The van der Waals surface area contributed by atoms with Gasteiger partial charge in [0.25, 0.3) is 0 Å². The van der Waals surface area contributed by atoms with E-state index in [9.17, 15) is 5.11 Å². The molecule has 4 N–H and O–H groups in total. The molecule has 1 unspecified atom stereocenters. The summed E-state index contributed by atoms with van der Waals surface area (Å²) in [6.07, 6.45) is 0. The van der Waals surface area contributed by atoms with Crippen LogP contribution in [-0.2, 0) is 0 Å². The summed E-state index contributed by atoms with van der Waals surface area (Å²) in [6.45, 7) is -0.260. The monoisotopic (exact) mass is 231 g/mol. The number of ether oxygens (including phenoxy) is 2. The predicted molar refractivity (Wildman–Crippen MR) is 53.3 cm³/mol. The smallest absolute Gasteiger partial charge is 0.231 e. The van der Waals surface area contributed by atoms with Crippen molar-refractivity contribution in [1.29, 1.82) is 0 Å². The van der Waals surface area contributed by atoms with Crippen LogP contribution >= 0.6 is 11.6 Å². The summed E-state index contributed by atoms with van der Waals surface area (Å²) in [5, 5.41) is 18.8. The molecule has 0 aliphatic carbocycles. The van der Waals surface area contributed by atoms with Crippen molar-refractivity contribution in [2.45, 2.75) is 6.04 Å². The Kier molecular flexibility index (Phi) is 2.60. The molecule has 15 heavy (non-hydrogen) atoms. The molecule has 6 heteroatoms. The van der Waals surface area contributed by atoms with Gasteiger partial charge in [-0.2, -0.15) is 0 Å². The third kappa shape index (κ3) is 1.58. The lowest BCUT2D eigenvalue weighted by molar-refractivity contribution is 0.171. The van der Waals surface area contributed by atoms with Crippen molar-refractivity contribution in [3.63, 3.8) is 0 Å². The molecule has 1 aromatic carbocycles. The van der Waals surface area contributed by atoms with E-state index in [1.54, 1.807) is 0 Å². The van der Waals surface area contributed by atoms with Gasteiger partial charge in [0.05, 0.1) is 23.2 Å². The molecule has 0 spiro atoms. The van der Waals surface area contributed by atoms with Crippen molar-refractivity contribution < 1.29 is 19.7 Å². The summed E-state index contributed by atoms with van der Waals surface area (Å²) in [7, 11) is 0. The average molecular weight is 232 g/mol. The molecule has 0 saturated heterocycles. The van der Waals surface area contributed by atoms with Gasteiger partial charge in [0.2, 0.25) is 6.79 Å². The maximum absolute atomic E-state index is 9.70. The van der Waals surface area contributed by atoms with E-state index in [1.807, 2.05) is 0 Å². The second kappa shape index (κ2) is 3.77. The number of fused-ring (bicyclic) bond motifs is 1. The average Bonchev–Trinajstić information content (AvgIpc) is 2.66. The Balaban J connectivity index is 2.60. The minimum atomic E-state index is -0.751. The SMILES string of the molecule is NC(CO)c1c(O)c(Cl)cc2c1OCO2. The van der Waals surface area contributed by atoms with Crippen LogP contribution in [0, 0.1) is 0 Å². The van der Waals surface area contributed by atoms with Gasteiger partial charge in [-0.25, -0.2) is 0 Å². The van der Waals surface area contributed by atoms with Crippen LogP contribution < -0.4 is 15.2 Å². The number of hydrogen-bond acceptors (Lipinski definition) is 5. The highest BCUT2D eigenvalue weighted by Gasteiger charge is 2.27. The van der Waals surface area contributed by atoms with Crippen LogP contribution in [0.2, 0.25) is 5.02 Å². The number of hydrogen-bond donors (Lipinski definition) is 3. The number of aliphatic hydroxyl groups excluding tert-OH is 1. The van der Waals surface area contributed by atoms with Crippen LogP contribution in [0.1, 0.15) is 11.6 Å². The minimum Gasteiger partial charge on any atom is -0.506 e. The molecule has 1 aromatic rings. The quantitative estimate of drug-likeness (QED) is 0.700. The molecule has 5 nitrogen and oxygen atoms in total. The van der Waals surface area contributed by atoms with E-state index in [1.165, 1.54) is 6.07 Å². The Morgan fingerprint density at radius 3 is 2.93 bits per heavy atom. The van der Waals surface area contributed by atoms with Crippen molar-refractivity contribution in [1.82, 2.24) is 0 Å². The fourth-order valence-corrected chi connectivity index (χ4v) is 1.66. The van der Waals surface area contributed by atoms with Crippen LogP contribution in [0.25, 0.3) is 0 Å². The van der Waals surface area contributed by atoms with Gasteiger partial charge in [0.15, 0.2) is 11.5 Å². The van der Waals surface area contributed by atoms with Crippen LogP contribution in [0.4, 0.5) is 0 Å². The molecule has 82 valence electrons. The predicted octanol–water partition coefficient (Wildman–Crippen LogP) is 0.766. The van der Waals surface area contributed by atoms with Crippen molar-refractivity contribution >= 4 is 11.6 Å². The maximum Gasteiger partial charge on any atom is 0.231 e. The first-order valence-corrected chi connectivity index (χ1v) is 4.70. The van der Waals surface area contributed by atoms with E-state index in [4.69, 9.17) is 31.9 Å². The standard InChI is InChI=1S/C9H10ClNO4/c10-4-1-6-9(15-3-14-6)7(8(4)13)5(11)2-12/h1,5,12-13H,2-3,11H2. The van der Waals surface area contributed by atoms with Gasteiger partial charge >= 0.3 is 0 Å². The lowest BCUT2D eigenvalue weighted by Gasteiger charge is -2.14. The highest BCUT2D eigenvalue weighted by Crippen LogP contribution is 2.46. The van der Waals surface area contributed by atoms with Crippen LogP contribution in [0.15, 0.2) is 6.07 Å². The summed E-state index contributed by atoms with van der Waals surface area (Å²) in [4.78, 5) is 0. The third-order valence-electron chi connectivity index (χ3n) is 2.19. The normalized spacial score (nSPS) is 15.4. The number of phenolic OH excluding ortho intramolecular Hbond substituents is 1. The summed E-state index contributed by atoms with van der Waals surface area (Å²) < 4.78 is 10.3. The highest BCUT2D eigenvalue weighted by molar-refractivity contribution is 6.32. The van der Waals surface area contributed by atoms with Gasteiger partial charge < -0.3 is 25.4 Å². The first-order chi connectivity index (χ1) is 7.15. The van der Waals surface area contributed by atoms with Crippen molar-refractivity contribution in [2.75, 3.05) is 13.4 Å². The lowest BCUT2D eigenvalue weighted by Crippen LogP contribution is -2.15. The zero-order chi connectivity index (χ0) is 11.0. The minimum absolute atomic E-state index is 0.0558. The summed E-state index contributed by atoms with van der Waals surface area (Å²) in [6, 6.07) is 0.700. The van der Waals surface area contributed by atoms with E-state index in [2.05, 4.69) is 0 Å². The van der Waals surface area contributed by atoms with Crippen molar-refractivity contribution in [2.24, 2.45) is 5.73 Å². The molecule has 0 radical (unpaired) electrons. The van der Waals surface area contributed by atoms with E-state index in [0.717, 1.165) is 0 Å². The number of phenols is 1. The summed E-state index contributed by atoms with van der Waals surface area (Å²) in [5.41, 5.74) is 5.91. The zero-order valence-electron chi connectivity index (χ0n) is 7.74. The largest absolute Gasteiger partial charge is 0.506 e. The molecular weight excluding hydrogens is 222 g/mol. The summed E-state index contributed by atoms with van der Waals surface area (Å²) in [5.74, 6) is 0.595. The van der Waals surface area contributed by atoms with Gasteiger partial charge in [0, 0.05) is 6.07 Å². The van der Waals surface area contributed by atoms with Crippen molar-refractivity contribution in [3.05, 3.63) is 16.7 Å². The molecular formula is C9H10ClNO4. The van der Waals surface area contributed by atoms with E-state index >= 15 is 0 Å². The summed E-state index contributed by atoms with van der Waals surface area (Å²) >= 11 is 5.78. The van der Waals surface area contributed by atoms with Crippen LogP contribution in [0.3, 0.4) is 0 Å².